The summed E-state index contributed by atoms with van der Waals surface area (Å²) < 4.78 is 91.8. The number of esters is 1. The first-order chi connectivity index (χ1) is 18.9. The zero-order valence-corrected chi connectivity index (χ0v) is 21.4. The van der Waals surface area contributed by atoms with Gasteiger partial charge in [0.15, 0.2) is 11.5 Å². The van der Waals surface area contributed by atoms with E-state index in [-0.39, 0.29) is 43.7 Å². The highest BCUT2D eigenvalue weighted by molar-refractivity contribution is 5.95. The predicted molar refractivity (Wildman–Crippen MR) is 128 cm³/mol. The summed E-state index contributed by atoms with van der Waals surface area (Å²) in [6, 6.07) is 3.93. The van der Waals surface area contributed by atoms with Crippen LogP contribution in [0.4, 0.5) is 26.3 Å². The lowest BCUT2D eigenvalue weighted by molar-refractivity contribution is -0.206. The number of carbonyl (C=O) groups is 2. The smallest absolute Gasteiger partial charge is 0.456 e. The normalized spacial score (nSPS) is 20.8. The van der Waals surface area contributed by atoms with Crippen LogP contribution in [0.2, 0.25) is 0 Å². The number of nitrogens with one attached hydrogen (secondary N) is 2. The summed E-state index contributed by atoms with van der Waals surface area (Å²) in [5.74, 6) is -2.31. The monoisotopic (exact) mass is 577 g/mol. The third-order valence-electron chi connectivity index (χ3n) is 7.07. The summed E-state index contributed by atoms with van der Waals surface area (Å²) in [6.07, 6.45) is -7.89. The molecule has 2 N–H and O–H groups in total. The van der Waals surface area contributed by atoms with Gasteiger partial charge in [0, 0.05) is 36.9 Å². The highest BCUT2D eigenvalue weighted by atomic mass is 19.4. The van der Waals surface area contributed by atoms with Crippen LogP contribution in [0.3, 0.4) is 0 Å². The van der Waals surface area contributed by atoms with Gasteiger partial charge in [-0.2, -0.15) is 26.3 Å². The Hall–Kier alpha value is -3.13. The molecule has 0 unspecified atom stereocenters. The lowest BCUT2D eigenvalue weighted by Crippen LogP contribution is -2.41. The van der Waals surface area contributed by atoms with E-state index < -0.39 is 41.9 Å². The maximum Gasteiger partial charge on any atom is 0.490 e. The van der Waals surface area contributed by atoms with Gasteiger partial charge in [-0.15, -0.1) is 0 Å². The van der Waals surface area contributed by atoms with Crippen LogP contribution in [-0.2, 0) is 27.0 Å². The van der Waals surface area contributed by atoms with Gasteiger partial charge in [-0.25, -0.2) is 4.79 Å². The van der Waals surface area contributed by atoms with E-state index in [9.17, 15) is 35.9 Å². The van der Waals surface area contributed by atoms with Gasteiger partial charge in [0.25, 0.3) is 5.91 Å². The molecular formula is C26H29F6N3O5. The number of aromatic nitrogens is 1. The molecule has 4 rings (SSSR count). The molecule has 1 aromatic heterocycles. The standard InChI is InChI=1S/C26H29F6N3O5/c27-25(28,29)17-3-1-16(2-4-17)22-20(14-33-13-15-9-11-38-12-10-15)21(35-40-22)23(36)34-18-5-7-19(8-6-18)39-24(37)26(30,31)32/h1-4,15,18-19,33H,5-14H2,(H,34,36). The Morgan fingerprint density at radius 1 is 0.950 bits per heavy atom. The Balaban J connectivity index is 1.44. The zero-order chi connectivity index (χ0) is 28.9. The van der Waals surface area contributed by atoms with Crippen LogP contribution in [0.1, 0.15) is 60.1 Å². The molecule has 0 radical (unpaired) electrons. The largest absolute Gasteiger partial charge is 0.490 e. The molecule has 1 amide bonds. The SMILES string of the molecule is O=C(NC1CCC(OC(=O)C(F)(F)F)CC1)c1noc(-c2ccc(C(F)(F)F)cc2)c1CNCC1CCOCC1. The molecule has 8 nitrogen and oxygen atoms in total. The number of alkyl halides is 6. The van der Waals surface area contributed by atoms with E-state index in [0.29, 0.717) is 36.8 Å². The average molecular weight is 578 g/mol. The molecule has 2 aliphatic rings. The van der Waals surface area contributed by atoms with Gasteiger partial charge < -0.3 is 24.6 Å². The average Bonchev–Trinajstić information content (AvgIpc) is 3.33. The second kappa shape index (κ2) is 12.6. The van der Waals surface area contributed by atoms with Gasteiger partial charge in [-0.3, -0.25) is 4.79 Å². The van der Waals surface area contributed by atoms with Crippen LogP contribution < -0.4 is 10.6 Å². The maximum atomic E-state index is 13.2. The van der Waals surface area contributed by atoms with Gasteiger partial charge in [0.05, 0.1) is 5.56 Å². The van der Waals surface area contributed by atoms with E-state index >= 15 is 0 Å². The summed E-state index contributed by atoms with van der Waals surface area (Å²) in [7, 11) is 0. The lowest BCUT2D eigenvalue weighted by Gasteiger charge is -2.28. The van der Waals surface area contributed by atoms with Crippen LogP contribution in [0.25, 0.3) is 11.3 Å². The van der Waals surface area contributed by atoms with Crippen molar-refractivity contribution in [2.45, 2.75) is 69.6 Å². The fourth-order valence-electron chi connectivity index (χ4n) is 4.84. The van der Waals surface area contributed by atoms with E-state index in [2.05, 4.69) is 20.5 Å². The number of carbonyl (C=O) groups excluding carboxylic acids is 2. The lowest BCUT2D eigenvalue weighted by atomic mass is 9.92. The molecule has 2 aromatic rings. The number of amides is 1. The molecule has 1 aliphatic heterocycles. The van der Waals surface area contributed by atoms with Crippen molar-refractivity contribution in [1.82, 2.24) is 15.8 Å². The molecule has 14 heteroatoms. The second-order valence-corrected chi connectivity index (χ2v) is 9.95. The van der Waals surface area contributed by atoms with Crippen LogP contribution >= 0.6 is 0 Å². The minimum atomic E-state index is -5.07. The first-order valence-electron chi connectivity index (χ1n) is 12.9. The molecule has 1 aliphatic carbocycles. The Labute approximate surface area is 225 Å². The first kappa shape index (κ1) is 29.8. The number of rotatable bonds is 8. The van der Waals surface area contributed by atoms with Crippen LogP contribution in [0, 0.1) is 5.92 Å². The molecule has 1 saturated heterocycles. The molecule has 220 valence electrons. The van der Waals surface area contributed by atoms with E-state index in [1.54, 1.807) is 0 Å². The highest BCUT2D eigenvalue weighted by Crippen LogP contribution is 2.33. The predicted octanol–water partition coefficient (Wildman–Crippen LogP) is 5.02. The third kappa shape index (κ3) is 7.74. The van der Waals surface area contributed by atoms with Crippen molar-refractivity contribution in [3.8, 4) is 11.3 Å². The van der Waals surface area contributed by atoms with Crippen molar-refractivity contribution < 1.29 is 49.9 Å². The number of ether oxygens (including phenoxy) is 2. The molecule has 1 saturated carbocycles. The summed E-state index contributed by atoms with van der Waals surface area (Å²) in [4.78, 5) is 24.2. The van der Waals surface area contributed by atoms with E-state index in [4.69, 9.17) is 9.26 Å². The molecule has 1 aromatic carbocycles. The summed E-state index contributed by atoms with van der Waals surface area (Å²) >= 11 is 0. The van der Waals surface area contributed by atoms with E-state index in [1.165, 1.54) is 12.1 Å². The van der Waals surface area contributed by atoms with Gasteiger partial charge in [0.1, 0.15) is 6.10 Å². The number of nitrogens with zero attached hydrogens (tertiary/aromatic N) is 1. The van der Waals surface area contributed by atoms with Crippen molar-refractivity contribution in [1.29, 1.82) is 0 Å². The topological polar surface area (TPSA) is 103 Å². The summed E-state index contributed by atoms with van der Waals surface area (Å²) in [6.45, 7) is 2.10. The number of hydrogen-bond donors (Lipinski definition) is 2. The molecule has 2 fully saturated rings. The molecule has 40 heavy (non-hydrogen) atoms. The highest BCUT2D eigenvalue weighted by Gasteiger charge is 2.42. The number of hydrogen-bond acceptors (Lipinski definition) is 7. The zero-order valence-electron chi connectivity index (χ0n) is 21.4. The Bertz CT molecular complexity index is 1150. The number of halogens is 6. The van der Waals surface area contributed by atoms with E-state index in [1.807, 2.05) is 0 Å². The van der Waals surface area contributed by atoms with Crippen molar-refractivity contribution in [3.63, 3.8) is 0 Å². The van der Waals surface area contributed by atoms with Crippen LogP contribution in [-0.4, -0.2) is 55.1 Å². The second-order valence-electron chi connectivity index (χ2n) is 9.95. The quantitative estimate of drug-likeness (QED) is 0.336. The molecule has 2 heterocycles. The van der Waals surface area contributed by atoms with Crippen molar-refractivity contribution in [2.75, 3.05) is 19.8 Å². The fourth-order valence-corrected chi connectivity index (χ4v) is 4.84. The minimum Gasteiger partial charge on any atom is -0.456 e. The van der Waals surface area contributed by atoms with Crippen molar-refractivity contribution >= 4 is 11.9 Å². The maximum absolute atomic E-state index is 13.2. The Morgan fingerprint density at radius 3 is 2.20 bits per heavy atom. The van der Waals surface area contributed by atoms with Gasteiger partial charge in [0.2, 0.25) is 0 Å². The van der Waals surface area contributed by atoms with Gasteiger partial charge in [-0.1, -0.05) is 17.3 Å². The first-order valence-corrected chi connectivity index (χ1v) is 12.9. The third-order valence-corrected chi connectivity index (χ3v) is 7.07. The fraction of sp³-hybridized carbons (Fsp3) is 0.577. The summed E-state index contributed by atoms with van der Waals surface area (Å²) in [5, 5.41) is 9.99. The Kier molecular flexibility index (Phi) is 9.39. The Morgan fingerprint density at radius 2 is 1.60 bits per heavy atom. The minimum absolute atomic E-state index is 0.0417. The summed E-state index contributed by atoms with van der Waals surface area (Å²) in [5.41, 5.74) is -0.184. The molecular weight excluding hydrogens is 548 g/mol. The number of benzene rings is 1. The van der Waals surface area contributed by atoms with Crippen LogP contribution in [0.15, 0.2) is 28.8 Å². The molecule has 0 atom stereocenters. The van der Waals surface area contributed by atoms with Gasteiger partial charge >= 0.3 is 18.3 Å². The van der Waals surface area contributed by atoms with Crippen molar-refractivity contribution in [3.05, 3.63) is 41.1 Å². The van der Waals surface area contributed by atoms with E-state index in [0.717, 1.165) is 25.0 Å². The molecule has 0 bridgehead atoms. The van der Waals surface area contributed by atoms with Crippen LogP contribution in [0.5, 0.6) is 0 Å². The van der Waals surface area contributed by atoms with Crippen molar-refractivity contribution in [2.24, 2.45) is 5.92 Å². The molecule has 0 spiro atoms. The van der Waals surface area contributed by atoms with Gasteiger partial charge in [-0.05, 0) is 63.1 Å².